The fourth-order valence-corrected chi connectivity index (χ4v) is 4.64. The van der Waals surface area contributed by atoms with E-state index in [0.29, 0.717) is 15.8 Å². The minimum absolute atomic E-state index is 0.0960. The molecule has 10 heteroatoms. The lowest BCUT2D eigenvalue weighted by Crippen LogP contribution is -2.38. The maximum Gasteiger partial charge on any atom is 0.246 e. The molecule has 3 aromatic rings. The number of carbonyl (C=O) groups is 1. The van der Waals surface area contributed by atoms with Gasteiger partial charge < -0.3 is 4.74 Å². The van der Waals surface area contributed by atoms with Gasteiger partial charge in [-0.1, -0.05) is 43.4 Å². The van der Waals surface area contributed by atoms with Gasteiger partial charge in [-0.05, 0) is 41.8 Å². The second-order valence-electron chi connectivity index (χ2n) is 7.17. The highest BCUT2D eigenvalue weighted by Crippen LogP contribution is 2.30. The molecule has 0 aliphatic rings. The largest absolute Gasteiger partial charge is 0.497 e. The van der Waals surface area contributed by atoms with Crippen molar-refractivity contribution in [1.82, 2.24) is 10.2 Å². The van der Waals surface area contributed by atoms with Crippen molar-refractivity contribution in [1.29, 1.82) is 0 Å². The lowest BCUT2D eigenvalue weighted by Gasteiger charge is -2.25. The number of amides is 1. The second kappa shape index (κ2) is 9.44. The van der Waals surface area contributed by atoms with Crippen LogP contribution in [0.3, 0.4) is 0 Å². The van der Waals surface area contributed by atoms with E-state index < -0.39 is 15.9 Å². The lowest BCUT2D eigenvalue weighted by atomic mass is 10.0. The summed E-state index contributed by atoms with van der Waals surface area (Å²) in [4.78, 5) is 12.7. The van der Waals surface area contributed by atoms with Crippen LogP contribution in [-0.2, 0) is 14.8 Å². The molecule has 2 aromatic carbocycles. The molecule has 0 aliphatic carbocycles. The van der Waals surface area contributed by atoms with Crippen LogP contribution < -0.4 is 14.4 Å². The zero-order valence-corrected chi connectivity index (χ0v) is 19.3. The minimum atomic E-state index is -3.68. The molecule has 0 radical (unpaired) electrons. The highest BCUT2D eigenvalue weighted by Gasteiger charge is 2.24. The molecule has 0 bridgehead atoms. The molecule has 1 amide bonds. The van der Waals surface area contributed by atoms with Crippen LogP contribution in [0.4, 0.5) is 10.8 Å². The average Bonchev–Trinajstić information content (AvgIpc) is 3.19. The smallest absolute Gasteiger partial charge is 0.246 e. The number of nitrogens with one attached hydrogen (secondary N) is 1. The van der Waals surface area contributed by atoms with Crippen molar-refractivity contribution in [2.24, 2.45) is 0 Å². The highest BCUT2D eigenvalue weighted by molar-refractivity contribution is 7.92. The molecule has 0 spiro atoms. The Morgan fingerprint density at radius 2 is 1.81 bits per heavy atom. The summed E-state index contributed by atoms with van der Waals surface area (Å²) in [6.45, 7) is 3.59. The van der Waals surface area contributed by atoms with Crippen LogP contribution >= 0.6 is 11.3 Å². The number of hydrogen-bond donors (Lipinski definition) is 1. The molecule has 0 unspecified atom stereocenters. The van der Waals surface area contributed by atoms with E-state index in [9.17, 15) is 13.2 Å². The van der Waals surface area contributed by atoms with Gasteiger partial charge in [-0.25, -0.2) is 8.42 Å². The Labute approximate surface area is 185 Å². The summed E-state index contributed by atoms with van der Waals surface area (Å²) in [7, 11) is -2.09. The van der Waals surface area contributed by atoms with E-state index in [1.165, 1.54) is 11.3 Å². The Morgan fingerprint density at radius 3 is 2.42 bits per heavy atom. The van der Waals surface area contributed by atoms with E-state index in [1.807, 2.05) is 50.2 Å². The maximum absolute atomic E-state index is 12.7. The number of sulfonamides is 1. The van der Waals surface area contributed by atoms with E-state index in [1.54, 1.807) is 19.2 Å². The third-order valence-corrected chi connectivity index (χ3v) is 6.54. The first kappa shape index (κ1) is 22.7. The van der Waals surface area contributed by atoms with Crippen molar-refractivity contribution < 1.29 is 17.9 Å². The van der Waals surface area contributed by atoms with Crippen LogP contribution in [0.1, 0.15) is 25.3 Å². The van der Waals surface area contributed by atoms with Gasteiger partial charge in [-0.2, -0.15) is 0 Å². The quantitative estimate of drug-likeness (QED) is 0.549. The fourth-order valence-electron chi connectivity index (χ4n) is 3.00. The minimum Gasteiger partial charge on any atom is -0.497 e. The molecule has 3 rings (SSSR count). The lowest BCUT2D eigenvalue weighted by molar-refractivity contribution is -0.114. The Bertz CT molecular complexity index is 1160. The number of hydrogen-bond acceptors (Lipinski definition) is 7. The monoisotopic (exact) mass is 460 g/mol. The summed E-state index contributed by atoms with van der Waals surface area (Å²) in [5, 5.41) is 11.7. The number of ether oxygens (including phenoxy) is 1. The molecular formula is C21H24N4O4S2. The molecule has 8 nitrogen and oxygen atoms in total. The first-order chi connectivity index (χ1) is 14.7. The van der Waals surface area contributed by atoms with Gasteiger partial charge in [0.15, 0.2) is 0 Å². The summed E-state index contributed by atoms with van der Waals surface area (Å²) >= 11 is 1.20. The Kier molecular flexibility index (Phi) is 6.91. The van der Waals surface area contributed by atoms with Crippen molar-refractivity contribution in [3.63, 3.8) is 0 Å². The van der Waals surface area contributed by atoms with Gasteiger partial charge in [0.25, 0.3) is 0 Å². The van der Waals surface area contributed by atoms with Crippen molar-refractivity contribution in [3.8, 4) is 16.3 Å². The van der Waals surface area contributed by atoms with Gasteiger partial charge in [0.1, 0.15) is 17.3 Å². The molecule has 1 heterocycles. The molecule has 31 heavy (non-hydrogen) atoms. The first-order valence-electron chi connectivity index (χ1n) is 9.53. The van der Waals surface area contributed by atoms with Crippen molar-refractivity contribution in [2.45, 2.75) is 19.8 Å². The van der Waals surface area contributed by atoms with Crippen LogP contribution in [0.2, 0.25) is 0 Å². The number of nitrogens with zero attached hydrogens (tertiary/aromatic N) is 3. The standard InChI is InChI=1S/C21H24N4O4S2/c1-14(2)17-7-5-6-8-18(17)25(31(4,27)28)13-19(26)22-21-24-23-20(30-21)15-9-11-16(29-3)12-10-15/h5-12,14H,13H2,1-4H3,(H,22,24,26). The van der Waals surface area contributed by atoms with Crippen molar-refractivity contribution in [2.75, 3.05) is 29.5 Å². The third kappa shape index (κ3) is 5.59. The molecule has 0 saturated heterocycles. The van der Waals surface area contributed by atoms with E-state index in [4.69, 9.17) is 4.74 Å². The van der Waals surface area contributed by atoms with E-state index in [2.05, 4.69) is 15.5 Å². The predicted molar refractivity (Wildman–Crippen MR) is 123 cm³/mol. The van der Waals surface area contributed by atoms with Gasteiger partial charge in [0, 0.05) is 5.56 Å². The zero-order valence-electron chi connectivity index (χ0n) is 17.7. The molecule has 1 aromatic heterocycles. The third-order valence-electron chi connectivity index (χ3n) is 4.52. The molecule has 0 aliphatic heterocycles. The maximum atomic E-state index is 12.7. The van der Waals surface area contributed by atoms with Crippen molar-refractivity contribution >= 4 is 38.1 Å². The SMILES string of the molecule is COc1ccc(-c2nnc(NC(=O)CN(c3ccccc3C(C)C)S(C)(=O)=O)s2)cc1. The molecule has 164 valence electrons. The Balaban J connectivity index is 1.77. The number of aromatic nitrogens is 2. The summed E-state index contributed by atoms with van der Waals surface area (Å²) in [6.07, 6.45) is 1.09. The number of carbonyl (C=O) groups excluding carboxylic acids is 1. The summed E-state index contributed by atoms with van der Waals surface area (Å²) in [6, 6.07) is 14.5. The number of rotatable bonds is 8. The number of para-hydroxylation sites is 1. The summed E-state index contributed by atoms with van der Waals surface area (Å²) in [5.74, 6) is 0.324. The van der Waals surface area contributed by atoms with Gasteiger partial charge in [0.2, 0.25) is 21.1 Å². The fraction of sp³-hybridized carbons (Fsp3) is 0.286. The van der Waals surface area contributed by atoms with Gasteiger partial charge in [0.05, 0.1) is 19.1 Å². The molecule has 0 fully saturated rings. The van der Waals surface area contributed by atoms with Crippen LogP contribution in [0.15, 0.2) is 48.5 Å². The van der Waals surface area contributed by atoms with Gasteiger partial charge in [-0.15, -0.1) is 10.2 Å². The van der Waals surface area contributed by atoms with Gasteiger partial charge in [-0.3, -0.25) is 14.4 Å². The van der Waals surface area contributed by atoms with E-state index in [-0.39, 0.29) is 12.5 Å². The highest BCUT2D eigenvalue weighted by atomic mass is 32.2. The second-order valence-corrected chi connectivity index (χ2v) is 10.1. The van der Waals surface area contributed by atoms with Crippen molar-refractivity contribution in [3.05, 3.63) is 54.1 Å². The van der Waals surface area contributed by atoms with Crippen LogP contribution in [0.5, 0.6) is 5.75 Å². The predicted octanol–water partition coefficient (Wildman–Crippen LogP) is 3.74. The van der Waals surface area contributed by atoms with E-state index in [0.717, 1.165) is 27.4 Å². The number of benzene rings is 2. The topological polar surface area (TPSA) is 101 Å². The van der Waals surface area contributed by atoms with Gasteiger partial charge >= 0.3 is 0 Å². The van der Waals surface area contributed by atoms with Crippen LogP contribution in [-0.4, -0.2) is 44.4 Å². The molecular weight excluding hydrogens is 436 g/mol. The average molecular weight is 461 g/mol. The number of anilines is 2. The van der Waals surface area contributed by atoms with E-state index >= 15 is 0 Å². The normalized spacial score (nSPS) is 11.4. The first-order valence-corrected chi connectivity index (χ1v) is 12.2. The number of methoxy groups -OCH3 is 1. The zero-order chi connectivity index (χ0) is 22.6. The van der Waals surface area contributed by atoms with Crippen LogP contribution in [0, 0.1) is 0 Å². The molecule has 1 N–H and O–H groups in total. The Hall–Kier alpha value is -2.98. The molecule has 0 saturated carbocycles. The Morgan fingerprint density at radius 1 is 1.13 bits per heavy atom. The summed E-state index contributed by atoms with van der Waals surface area (Å²) in [5.41, 5.74) is 2.17. The summed E-state index contributed by atoms with van der Waals surface area (Å²) < 4.78 is 31.2. The van der Waals surface area contributed by atoms with Crippen LogP contribution in [0.25, 0.3) is 10.6 Å². The molecule has 0 atom stereocenters.